The van der Waals surface area contributed by atoms with Crippen LogP contribution in [0.2, 0.25) is 0 Å². The number of hydrogen-bond acceptors (Lipinski definition) is 3. The van der Waals surface area contributed by atoms with Crippen LogP contribution in [-0.2, 0) is 4.74 Å². The molecular formula is C12H24N2O. The van der Waals surface area contributed by atoms with Crippen LogP contribution in [0.15, 0.2) is 12.7 Å². The Morgan fingerprint density at radius 3 is 2.80 bits per heavy atom. The third-order valence-corrected chi connectivity index (χ3v) is 3.08. The first-order valence-electron chi connectivity index (χ1n) is 5.74. The van der Waals surface area contributed by atoms with E-state index in [1.54, 1.807) is 0 Å². The molecule has 1 atom stereocenters. The highest BCUT2D eigenvalue weighted by Crippen LogP contribution is 2.31. The number of nitrogens with two attached hydrogens (primary N) is 1. The quantitative estimate of drug-likeness (QED) is 0.535. The minimum absolute atomic E-state index is 0.0567. The zero-order valence-electron chi connectivity index (χ0n) is 10.0. The summed E-state index contributed by atoms with van der Waals surface area (Å²) in [7, 11) is 0. The van der Waals surface area contributed by atoms with Crippen molar-refractivity contribution < 1.29 is 4.74 Å². The molecule has 3 N–H and O–H groups in total. The zero-order chi connectivity index (χ0) is 11.4. The van der Waals surface area contributed by atoms with Gasteiger partial charge in [0.05, 0.1) is 5.60 Å². The highest BCUT2D eigenvalue weighted by molar-refractivity contribution is 4.97. The molecule has 1 heterocycles. The van der Waals surface area contributed by atoms with Crippen molar-refractivity contribution in [3.05, 3.63) is 12.7 Å². The molecule has 3 heteroatoms. The third kappa shape index (κ3) is 3.59. The second-order valence-corrected chi connectivity index (χ2v) is 5.02. The Morgan fingerprint density at radius 2 is 2.27 bits per heavy atom. The molecule has 0 aromatic rings. The highest BCUT2D eigenvalue weighted by Gasteiger charge is 2.39. The molecule has 1 aliphatic heterocycles. The Bertz CT molecular complexity index is 216. The summed E-state index contributed by atoms with van der Waals surface area (Å²) < 4.78 is 5.71. The van der Waals surface area contributed by atoms with E-state index in [2.05, 4.69) is 25.7 Å². The Hall–Kier alpha value is -0.380. The SMILES string of the molecule is C=CCCNC1(CN)CCOC(C)(C)C1. The lowest BCUT2D eigenvalue weighted by molar-refractivity contribution is -0.0855. The second-order valence-electron chi connectivity index (χ2n) is 5.02. The van der Waals surface area contributed by atoms with Crippen LogP contribution in [0.3, 0.4) is 0 Å². The minimum atomic E-state index is -0.0567. The van der Waals surface area contributed by atoms with Gasteiger partial charge in [0.25, 0.3) is 0 Å². The summed E-state index contributed by atoms with van der Waals surface area (Å²) in [6.07, 6.45) is 4.91. The fourth-order valence-corrected chi connectivity index (χ4v) is 2.31. The molecule has 0 saturated carbocycles. The molecule has 0 amide bonds. The van der Waals surface area contributed by atoms with Gasteiger partial charge in [-0.2, -0.15) is 0 Å². The van der Waals surface area contributed by atoms with Crippen LogP contribution >= 0.6 is 0 Å². The van der Waals surface area contributed by atoms with Crippen molar-refractivity contribution in [3.8, 4) is 0 Å². The summed E-state index contributed by atoms with van der Waals surface area (Å²) in [5.41, 5.74) is 5.90. The maximum absolute atomic E-state index is 5.90. The van der Waals surface area contributed by atoms with E-state index in [9.17, 15) is 0 Å². The molecule has 15 heavy (non-hydrogen) atoms. The lowest BCUT2D eigenvalue weighted by Gasteiger charge is -2.45. The molecule has 0 aromatic carbocycles. The van der Waals surface area contributed by atoms with Crippen LogP contribution in [0.25, 0.3) is 0 Å². The molecule has 1 aliphatic rings. The van der Waals surface area contributed by atoms with Gasteiger partial charge in [-0.05, 0) is 39.7 Å². The largest absolute Gasteiger partial charge is 0.375 e. The average molecular weight is 212 g/mol. The zero-order valence-corrected chi connectivity index (χ0v) is 10.0. The molecule has 1 unspecified atom stereocenters. The molecule has 3 nitrogen and oxygen atoms in total. The summed E-state index contributed by atoms with van der Waals surface area (Å²) in [6.45, 7) is 10.4. The molecule has 88 valence electrons. The predicted octanol–water partition coefficient (Wildman–Crippen LogP) is 1.44. The van der Waals surface area contributed by atoms with Gasteiger partial charge in [-0.3, -0.25) is 0 Å². The normalized spacial score (nSPS) is 30.1. The lowest BCUT2D eigenvalue weighted by Crippen LogP contribution is -2.59. The van der Waals surface area contributed by atoms with Gasteiger partial charge in [0.15, 0.2) is 0 Å². The number of hydrogen-bond donors (Lipinski definition) is 2. The predicted molar refractivity (Wildman–Crippen MR) is 63.9 cm³/mol. The van der Waals surface area contributed by atoms with Gasteiger partial charge >= 0.3 is 0 Å². The van der Waals surface area contributed by atoms with Gasteiger partial charge in [0, 0.05) is 18.7 Å². The second kappa shape index (κ2) is 5.10. The van der Waals surface area contributed by atoms with Gasteiger partial charge in [-0.15, -0.1) is 6.58 Å². The highest BCUT2D eigenvalue weighted by atomic mass is 16.5. The summed E-state index contributed by atoms with van der Waals surface area (Å²) in [5.74, 6) is 0. The van der Waals surface area contributed by atoms with Crippen LogP contribution in [0.4, 0.5) is 0 Å². The maximum Gasteiger partial charge on any atom is 0.0644 e. The van der Waals surface area contributed by atoms with Gasteiger partial charge in [0.1, 0.15) is 0 Å². The average Bonchev–Trinajstić information content (AvgIpc) is 2.17. The van der Waals surface area contributed by atoms with E-state index in [-0.39, 0.29) is 11.1 Å². The van der Waals surface area contributed by atoms with Crippen molar-refractivity contribution in [2.24, 2.45) is 5.73 Å². The summed E-state index contributed by atoms with van der Waals surface area (Å²) in [4.78, 5) is 0. The van der Waals surface area contributed by atoms with E-state index in [1.165, 1.54) is 0 Å². The van der Waals surface area contributed by atoms with Crippen molar-refractivity contribution in [1.82, 2.24) is 5.32 Å². The van der Waals surface area contributed by atoms with E-state index in [4.69, 9.17) is 10.5 Å². The minimum Gasteiger partial charge on any atom is -0.375 e. The van der Waals surface area contributed by atoms with E-state index in [1.807, 2.05) is 6.08 Å². The summed E-state index contributed by atoms with van der Waals surface area (Å²) in [5, 5.41) is 3.57. The molecule has 0 spiro atoms. The van der Waals surface area contributed by atoms with Crippen LogP contribution in [-0.4, -0.2) is 30.8 Å². The molecule has 1 rings (SSSR count). The van der Waals surface area contributed by atoms with Gasteiger partial charge < -0.3 is 15.8 Å². The van der Waals surface area contributed by atoms with Crippen LogP contribution in [0.5, 0.6) is 0 Å². The molecule has 1 fully saturated rings. The third-order valence-electron chi connectivity index (χ3n) is 3.08. The fourth-order valence-electron chi connectivity index (χ4n) is 2.31. The molecule has 0 aromatic heterocycles. The molecule has 0 aliphatic carbocycles. The van der Waals surface area contributed by atoms with Crippen molar-refractivity contribution in [2.45, 2.75) is 44.2 Å². The Balaban J connectivity index is 2.54. The van der Waals surface area contributed by atoms with E-state index in [0.29, 0.717) is 6.54 Å². The topological polar surface area (TPSA) is 47.3 Å². The number of nitrogens with one attached hydrogen (secondary N) is 1. The molecule has 0 bridgehead atoms. The van der Waals surface area contributed by atoms with Crippen molar-refractivity contribution in [1.29, 1.82) is 0 Å². The van der Waals surface area contributed by atoms with Crippen molar-refractivity contribution >= 4 is 0 Å². The van der Waals surface area contributed by atoms with Crippen LogP contribution < -0.4 is 11.1 Å². The molecular weight excluding hydrogens is 188 g/mol. The van der Waals surface area contributed by atoms with Crippen molar-refractivity contribution in [2.75, 3.05) is 19.7 Å². The Labute approximate surface area is 93.1 Å². The monoisotopic (exact) mass is 212 g/mol. The van der Waals surface area contributed by atoms with Crippen LogP contribution in [0.1, 0.15) is 33.1 Å². The van der Waals surface area contributed by atoms with Gasteiger partial charge in [0.2, 0.25) is 0 Å². The number of ether oxygens (including phenoxy) is 1. The first-order chi connectivity index (χ1) is 7.04. The van der Waals surface area contributed by atoms with Gasteiger partial charge in [-0.1, -0.05) is 6.08 Å². The van der Waals surface area contributed by atoms with E-state index in [0.717, 1.165) is 32.4 Å². The van der Waals surface area contributed by atoms with Crippen molar-refractivity contribution in [3.63, 3.8) is 0 Å². The first kappa shape index (κ1) is 12.7. The molecule has 0 radical (unpaired) electrons. The summed E-state index contributed by atoms with van der Waals surface area (Å²) >= 11 is 0. The maximum atomic E-state index is 5.90. The smallest absolute Gasteiger partial charge is 0.0644 e. The van der Waals surface area contributed by atoms with E-state index >= 15 is 0 Å². The fraction of sp³-hybridized carbons (Fsp3) is 0.833. The first-order valence-corrected chi connectivity index (χ1v) is 5.74. The standard InChI is InChI=1S/C12H24N2O/c1-4-5-7-14-12(10-13)6-8-15-11(2,3)9-12/h4,14H,1,5-10,13H2,2-3H3. The lowest BCUT2D eigenvalue weighted by atomic mass is 9.81. The Morgan fingerprint density at radius 1 is 1.53 bits per heavy atom. The summed E-state index contributed by atoms with van der Waals surface area (Å²) in [6, 6.07) is 0. The number of rotatable bonds is 5. The van der Waals surface area contributed by atoms with Crippen LogP contribution in [0, 0.1) is 0 Å². The van der Waals surface area contributed by atoms with Gasteiger partial charge in [-0.25, -0.2) is 0 Å². The van der Waals surface area contributed by atoms with E-state index < -0.39 is 0 Å². The molecule has 1 saturated heterocycles. The Kier molecular flexibility index (Phi) is 4.32.